The smallest absolute Gasteiger partial charge is 0.216 e. The van der Waals surface area contributed by atoms with Crippen molar-refractivity contribution >= 4 is 11.3 Å². The highest BCUT2D eigenvalue weighted by molar-refractivity contribution is 5.74. The molecule has 0 fully saturated rings. The second-order valence-corrected chi connectivity index (χ2v) is 3.60. The Hall–Kier alpha value is -2.92. The fourth-order valence-corrected chi connectivity index (χ4v) is 1.41. The molecule has 0 radical (unpaired) electrons. The lowest BCUT2D eigenvalue weighted by Crippen LogP contribution is -2.01. The number of ether oxygens (including phenoxy) is 2. The number of methoxy groups -OCH3 is 1. The van der Waals surface area contributed by atoms with Gasteiger partial charge in [-0.1, -0.05) is 12.1 Å². The molecule has 20 heavy (non-hydrogen) atoms. The van der Waals surface area contributed by atoms with Crippen molar-refractivity contribution in [3.05, 3.63) is 36.3 Å². The highest BCUT2D eigenvalue weighted by Gasteiger charge is 2.06. The lowest BCUT2D eigenvalue weighted by Gasteiger charge is -2.10. The second kappa shape index (κ2) is 6.86. The average Bonchev–Trinajstić information content (AvgIpc) is 3.01. The zero-order chi connectivity index (χ0) is 14.2. The van der Waals surface area contributed by atoms with Crippen molar-refractivity contribution in [3.8, 4) is 11.8 Å². The molecule has 0 bridgehead atoms. The van der Waals surface area contributed by atoms with Crippen molar-refractivity contribution < 1.29 is 9.47 Å². The number of para-hydroxylation sites is 2. The van der Waals surface area contributed by atoms with E-state index in [-0.39, 0.29) is 18.2 Å². The maximum Gasteiger partial charge on any atom is 0.216 e. The highest BCUT2D eigenvalue weighted by atomic mass is 16.7. The number of hydrogen-bond acceptors (Lipinski definition) is 7. The molecule has 8 heteroatoms. The van der Waals surface area contributed by atoms with Crippen LogP contribution in [0.5, 0.6) is 5.75 Å². The molecule has 102 valence electrons. The van der Waals surface area contributed by atoms with E-state index in [9.17, 15) is 0 Å². The summed E-state index contributed by atoms with van der Waals surface area (Å²) in [6.07, 6.45) is 1.49. The molecule has 0 aliphatic rings. The van der Waals surface area contributed by atoms with Crippen LogP contribution < -0.4 is 10.1 Å². The SMILES string of the molecule is COCOc1ccccc1NC=C(C#N)c1nn[nH]n1. The molecule has 2 aromatic rings. The number of nitrogens with one attached hydrogen (secondary N) is 2. The Morgan fingerprint density at radius 2 is 2.35 bits per heavy atom. The summed E-state index contributed by atoms with van der Waals surface area (Å²) in [5.74, 6) is 0.825. The number of H-pyrrole nitrogens is 1. The first-order chi connectivity index (χ1) is 9.85. The molecule has 0 aliphatic heterocycles. The Morgan fingerprint density at radius 3 is 3.05 bits per heavy atom. The van der Waals surface area contributed by atoms with Crippen molar-refractivity contribution in [2.45, 2.75) is 0 Å². The molecule has 2 rings (SSSR count). The number of benzene rings is 1. The molecule has 0 saturated carbocycles. The maximum absolute atomic E-state index is 9.06. The molecular formula is C12H12N6O2. The van der Waals surface area contributed by atoms with Crippen LogP contribution in [0.2, 0.25) is 0 Å². The Kier molecular flexibility index (Phi) is 4.64. The number of nitriles is 1. The van der Waals surface area contributed by atoms with Crippen LogP contribution in [0.4, 0.5) is 5.69 Å². The third kappa shape index (κ3) is 3.30. The third-order valence-corrected chi connectivity index (χ3v) is 2.30. The van der Waals surface area contributed by atoms with E-state index in [4.69, 9.17) is 14.7 Å². The fraction of sp³-hybridized carbons (Fsp3) is 0.167. The first-order valence-corrected chi connectivity index (χ1v) is 5.66. The molecule has 0 saturated heterocycles. The zero-order valence-electron chi connectivity index (χ0n) is 10.7. The van der Waals surface area contributed by atoms with Crippen LogP contribution in [-0.4, -0.2) is 34.5 Å². The van der Waals surface area contributed by atoms with Crippen LogP contribution in [-0.2, 0) is 4.74 Å². The second-order valence-electron chi connectivity index (χ2n) is 3.60. The zero-order valence-corrected chi connectivity index (χ0v) is 10.7. The van der Waals surface area contributed by atoms with Gasteiger partial charge < -0.3 is 14.8 Å². The number of aromatic amines is 1. The summed E-state index contributed by atoms with van der Waals surface area (Å²) in [5, 5.41) is 25.2. The Morgan fingerprint density at radius 1 is 1.50 bits per heavy atom. The van der Waals surface area contributed by atoms with Crippen LogP contribution in [0, 0.1) is 11.3 Å². The van der Waals surface area contributed by atoms with Gasteiger partial charge in [-0.3, -0.25) is 0 Å². The summed E-state index contributed by atoms with van der Waals surface area (Å²) in [5.41, 5.74) is 0.945. The largest absolute Gasteiger partial charge is 0.465 e. The number of hydrogen-bond donors (Lipinski definition) is 2. The van der Waals surface area contributed by atoms with Crippen LogP contribution >= 0.6 is 0 Å². The standard InChI is InChI=1S/C12H12N6O2/c1-19-8-20-11-5-3-2-4-10(11)14-7-9(6-13)12-15-17-18-16-12/h2-5,7,14H,8H2,1H3,(H,15,16,17,18). The van der Waals surface area contributed by atoms with Crippen LogP contribution in [0.15, 0.2) is 30.5 Å². The Bertz CT molecular complexity index is 617. The molecule has 0 spiro atoms. The van der Waals surface area contributed by atoms with Gasteiger partial charge >= 0.3 is 0 Å². The molecule has 0 amide bonds. The number of nitrogens with zero attached hydrogens (tertiary/aromatic N) is 4. The van der Waals surface area contributed by atoms with Gasteiger partial charge in [-0.15, -0.1) is 10.2 Å². The first-order valence-electron chi connectivity index (χ1n) is 5.66. The van der Waals surface area contributed by atoms with Gasteiger partial charge in [-0.25, -0.2) is 0 Å². The van der Waals surface area contributed by atoms with Gasteiger partial charge in [0.2, 0.25) is 5.82 Å². The van der Waals surface area contributed by atoms with E-state index in [1.165, 1.54) is 6.20 Å². The molecule has 0 atom stereocenters. The number of aromatic nitrogens is 4. The summed E-state index contributed by atoms with van der Waals surface area (Å²) in [4.78, 5) is 0. The minimum atomic E-state index is 0.137. The predicted molar refractivity (Wildman–Crippen MR) is 70.3 cm³/mol. The van der Waals surface area contributed by atoms with E-state index in [2.05, 4.69) is 25.9 Å². The summed E-state index contributed by atoms with van der Waals surface area (Å²) in [6, 6.07) is 9.27. The van der Waals surface area contributed by atoms with Gasteiger partial charge in [0.1, 0.15) is 17.4 Å². The molecular weight excluding hydrogens is 260 g/mol. The van der Waals surface area contributed by atoms with Gasteiger partial charge in [-0.2, -0.15) is 10.5 Å². The molecule has 0 aliphatic carbocycles. The number of tetrazole rings is 1. The van der Waals surface area contributed by atoms with Crippen LogP contribution in [0.1, 0.15) is 5.82 Å². The first kappa shape index (κ1) is 13.5. The van der Waals surface area contributed by atoms with E-state index in [0.717, 1.165) is 0 Å². The topological polar surface area (TPSA) is 109 Å². The van der Waals surface area contributed by atoms with Gasteiger partial charge in [0.15, 0.2) is 6.79 Å². The number of anilines is 1. The van der Waals surface area contributed by atoms with E-state index >= 15 is 0 Å². The predicted octanol–water partition coefficient (Wildman–Crippen LogP) is 1.16. The van der Waals surface area contributed by atoms with Crippen molar-refractivity contribution in [2.24, 2.45) is 0 Å². The molecule has 2 N–H and O–H groups in total. The molecule has 1 heterocycles. The summed E-state index contributed by atoms with van der Waals surface area (Å²) >= 11 is 0. The highest BCUT2D eigenvalue weighted by Crippen LogP contribution is 2.24. The van der Waals surface area contributed by atoms with Gasteiger partial charge in [0.25, 0.3) is 0 Å². The molecule has 1 aromatic heterocycles. The summed E-state index contributed by atoms with van der Waals surface area (Å²) < 4.78 is 10.3. The fourth-order valence-electron chi connectivity index (χ4n) is 1.41. The quantitative estimate of drug-likeness (QED) is 0.599. The van der Waals surface area contributed by atoms with Crippen molar-refractivity contribution in [1.29, 1.82) is 5.26 Å². The van der Waals surface area contributed by atoms with Crippen molar-refractivity contribution in [3.63, 3.8) is 0 Å². The van der Waals surface area contributed by atoms with E-state index in [1.54, 1.807) is 13.2 Å². The lowest BCUT2D eigenvalue weighted by atomic mass is 10.2. The molecule has 0 unspecified atom stereocenters. The number of rotatable bonds is 6. The summed E-state index contributed by atoms with van der Waals surface area (Å²) in [6.45, 7) is 0.137. The number of allylic oxidation sites excluding steroid dienone is 1. The van der Waals surface area contributed by atoms with E-state index in [0.29, 0.717) is 11.4 Å². The van der Waals surface area contributed by atoms with Gasteiger partial charge in [0.05, 0.1) is 5.69 Å². The lowest BCUT2D eigenvalue weighted by molar-refractivity contribution is 0.0516. The van der Waals surface area contributed by atoms with Gasteiger partial charge in [0, 0.05) is 13.3 Å². The molecule has 1 aromatic carbocycles. The normalized spacial score (nSPS) is 10.9. The van der Waals surface area contributed by atoms with Gasteiger partial charge in [-0.05, 0) is 17.3 Å². The summed E-state index contributed by atoms with van der Waals surface area (Å²) in [7, 11) is 1.54. The van der Waals surface area contributed by atoms with Crippen LogP contribution in [0.3, 0.4) is 0 Å². The maximum atomic E-state index is 9.06. The monoisotopic (exact) mass is 272 g/mol. The van der Waals surface area contributed by atoms with Crippen molar-refractivity contribution in [1.82, 2.24) is 20.6 Å². The van der Waals surface area contributed by atoms with E-state index < -0.39 is 0 Å². The Balaban J connectivity index is 2.16. The Labute approximate surface area is 115 Å². The van der Waals surface area contributed by atoms with Crippen molar-refractivity contribution in [2.75, 3.05) is 19.2 Å². The van der Waals surface area contributed by atoms with Crippen LogP contribution in [0.25, 0.3) is 5.57 Å². The minimum Gasteiger partial charge on any atom is -0.465 e. The average molecular weight is 272 g/mol. The molecule has 8 nitrogen and oxygen atoms in total. The minimum absolute atomic E-state index is 0.137. The third-order valence-electron chi connectivity index (χ3n) is 2.30. The van der Waals surface area contributed by atoms with E-state index in [1.807, 2.05) is 24.3 Å².